The minimum absolute atomic E-state index is 0.130. The van der Waals surface area contributed by atoms with Gasteiger partial charge in [0.25, 0.3) is 0 Å². The molecule has 0 aliphatic rings. The molecule has 0 aromatic heterocycles. The quantitative estimate of drug-likeness (QED) is 0.398. The van der Waals surface area contributed by atoms with E-state index in [2.05, 4.69) is 14.8 Å². The molecule has 2 N–H and O–H groups in total. The van der Waals surface area contributed by atoms with Gasteiger partial charge in [-0.15, -0.1) is 0 Å². The molecule has 2 aromatic rings. The zero-order valence-electron chi connectivity index (χ0n) is 16.9. The zero-order valence-corrected chi connectivity index (χ0v) is 19.2. The molecule has 2 rings (SSSR count). The summed E-state index contributed by atoms with van der Waals surface area (Å²) in [5, 5.41) is 3.57. The van der Waals surface area contributed by atoms with Gasteiger partial charge in [0.05, 0.1) is 23.0 Å². The van der Waals surface area contributed by atoms with Crippen LogP contribution in [0.3, 0.4) is 0 Å². The van der Waals surface area contributed by atoms with Gasteiger partial charge in [0.2, 0.25) is 10.0 Å². The van der Waals surface area contributed by atoms with Crippen molar-refractivity contribution in [2.24, 2.45) is 0 Å². The van der Waals surface area contributed by atoms with Crippen molar-refractivity contribution in [1.29, 1.82) is 0 Å². The van der Waals surface area contributed by atoms with E-state index in [0.717, 1.165) is 17.7 Å². The Bertz CT molecular complexity index is 962. The lowest BCUT2D eigenvalue weighted by Crippen LogP contribution is -2.42. The van der Waals surface area contributed by atoms with Crippen LogP contribution >= 0.6 is 23.8 Å². The second kappa shape index (κ2) is 11.4. The predicted molar refractivity (Wildman–Crippen MR) is 123 cm³/mol. The molecule has 0 amide bonds. The molecule has 0 radical (unpaired) electrons. The number of aryl methyl sites for hydroxylation is 1. The summed E-state index contributed by atoms with van der Waals surface area (Å²) in [6.45, 7) is 1.96. The summed E-state index contributed by atoms with van der Waals surface area (Å²) < 4.78 is 32.7. The Kier molecular flexibility index (Phi) is 9.23. The molecule has 9 heteroatoms. The third-order valence-electron chi connectivity index (χ3n) is 4.38. The first-order valence-corrected chi connectivity index (χ1v) is 11.8. The molecule has 0 heterocycles. The van der Waals surface area contributed by atoms with Gasteiger partial charge < -0.3 is 10.1 Å². The van der Waals surface area contributed by atoms with Crippen LogP contribution in [0.4, 0.5) is 5.69 Å². The summed E-state index contributed by atoms with van der Waals surface area (Å²) in [6, 6.07) is 12.9. The van der Waals surface area contributed by atoms with Crippen molar-refractivity contribution in [3.8, 4) is 0 Å². The summed E-state index contributed by atoms with van der Waals surface area (Å²) in [4.78, 5) is 11.8. The van der Waals surface area contributed by atoms with Gasteiger partial charge >= 0.3 is 5.97 Å². The van der Waals surface area contributed by atoms with Crippen LogP contribution in [0.2, 0.25) is 5.02 Å². The van der Waals surface area contributed by atoms with Gasteiger partial charge in [-0.3, -0.25) is 4.79 Å². The first kappa shape index (κ1) is 24.3. The van der Waals surface area contributed by atoms with Crippen LogP contribution in [-0.4, -0.2) is 32.5 Å². The average molecular weight is 469 g/mol. The number of nitrogens with one attached hydrogen (secondary N) is 2. The Hall–Kier alpha value is -2.00. The maximum Gasteiger partial charge on any atom is 0.305 e. The second-order valence-electron chi connectivity index (χ2n) is 6.68. The number of esters is 1. The molecule has 0 saturated carbocycles. The van der Waals surface area contributed by atoms with Crippen molar-refractivity contribution >= 4 is 50.5 Å². The highest BCUT2D eigenvalue weighted by atomic mass is 35.5. The molecule has 0 saturated heterocycles. The van der Waals surface area contributed by atoms with Gasteiger partial charge in [0.15, 0.2) is 0 Å². The van der Waals surface area contributed by atoms with Crippen LogP contribution in [0.5, 0.6) is 0 Å². The second-order valence-corrected chi connectivity index (χ2v) is 9.27. The van der Waals surface area contributed by atoms with E-state index in [1.807, 2.05) is 31.2 Å². The number of ether oxygens (including phenoxy) is 1. The van der Waals surface area contributed by atoms with Crippen molar-refractivity contribution in [3.05, 3.63) is 59.1 Å². The number of thiocarbonyl (C=S) groups is 1. The Labute approximate surface area is 188 Å². The lowest BCUT2D eigenvalue weighted by molar-refractivity contribution is -0.140. The molecular weight excluding hydrogens is 444 g/mol. The van der Waals surface area contributed by atoms with Crippen molar-refractivity contribution in [2.75, 3.05) is 12.4 Å². The zero-order chi connectivity index (χ0) is 22.1. The summed E-state index contributed by atoms with van der Waals surface area (Å²) in [7, 11) is -2.38. The van der Waals surface area contributed by atoms with E-state index in [0.29, 0.717) is 29.3 Å². The molecule has 0 aliphatic heterocycles. The summed E-state index contributed by atoms with van der Waals surface area (Å²) in [5.41, 5.74) is 1.74. The van der Waals surface area contributed by atoms with Crippen molar-refractivity contribution in [1.82, 2.24) is 4.72 Å². The topological polar surface area (TPSA) is 84.5 Å². The number of sulfonamides is 1. The van der Waals surface area contributed by atoms with Gasteiger partial charge in [-0.05, 0) is 54.8 Å². The average Bonchev–Trinajstić information content (AvgIpc) is 2.72. The SMILES string of the molecule is CCC[C@H](NS(=O)(=O)c1ccc(Cl)cc1)C(=S)Nc1ccc(CCC(=O)OC)cc1. The first-order valence-electron chi connectivity index (χ1n) is 9.49. The molecule has 6 nitrogen and oxygen atoms in total. The van der Waals surface area contributed by atoms with Crippen molar-refractivity contribution in [3.63, 3.8) is 0 Å². The largest absolute Gasteiger partial charge is 0.469 e. The molecule has 2 aromatic carbocycles. The molecule has 0 unspecified atom stereocenters. The van der Waals surface area contributed by atoms with Gasteiger partial charge in [-0.1, -0.05) is 49.3 Å². The maximum atomic E-state index is 12.7. The molecule has 0 fully saturated rings. The summed E-state index contributed by atoms with van der Waals surface area (Å²) in [6.07, 6.45) is 2.20. The van der Waals surface area contributed by atoms with Crippen LogP contribution in [-0.2, 0) is 26.0 Å². The van der Waals surface area contributed by atoms with Crippen LogP contribution < -0.4 is 10.0 Å². The van der Waals surface area contributed by atoms with E-state index >= 15 is 0 Å². The van der Waals surface area contributed by atoms with E-state index in [1.165, 1.54) is 31.4 Å². The van der Waals surface area contributed by atoms with E-state index in [4.69, 9.17) is 23.8 Å². The van der Waals surface area contributed by atoms with E-state index in [1.54, 1.807) is 0 Å². The molecule has 30 heavy (non-hydrogen) atoms. The van der Waals surface area contributed by atoms with Crippen LogP contribution in [0.15, 0.2) is 53.4 Å². The minimum atomic E-state index is -3.74. The number of halogens is 1. The Morgan fingerprint density at radius 2 is 1.77 bits per heavy atom. The third-order valence-corrected chi connectivity index (χ3v) is 6.51. The van der Waals surface area contributed by atoms with Gasteiger partial charge in [-0.2, -0.15) is 0 Å². The maximum absolute atomic E-state index is 12.7. The Morgan fingerprint density at radius 1 is 1.13 bits per heavy atom. The van der Waals surface area contributed by atoms with Gasteiger partial charge in [0.1, 0.15) is 0 Å². The minimum Gasteiger partial charge on any atom is -0.469 e. The number of rotatable bonds is 10. The van der Waals surface area contributed by atoms with Crippen LogP contribution in [0.1, 0.15) is 31.7 Å². The number of carbonyl (C=O) groups excluding carboxylic acids is 1. The number of hydrogen-bond donors (Lipinski definition) is 2. The standard InChI is InChI=1S/C21H25ClN2O4S2/c1-3-4-19(24-30(26,27)18-12-8-16(22)9-13-18)21(29)23-17-10-5-15(6-11-17)7-14-20(25)28-2/h5-6,8-13,19,24H,3-4,7,14H2,1-2H3,(H,23,29)/t19-/m0/s1. The van der Waals surface area contributed by atoms with E-state index in [9.17, 15) is 13.2 Å². The number of carbonyl (C=O) groups is 1. The summed E-state index contributed by atoms with van der Waals surface area (Å²) in [5.74, 6) is -0.256. The van der Waals surface area contributed by atoms with Crippen molar-refractivity contribution in [2.45, 2.75) is 43.5 Å². The first-order chi connectivity index (χ1) is 14.2. The number of anilines is 1. The van der Waals surface area contributed by atoms with E-state index < -0.39 is 16.1 Å². The fraction of sp³-hybridized carbons (Fsp3) is 0.333. The van der Waals surface area contributed by atoms with Crippen LogP contribution in [0, 0.1) is 0 Å². The molecular formula is C21H25ClN2O4S2. The van der Waals surface area contributed by atoms with Crippen molar-refractivity contribution < 1.29 is 17.9 Å². The fourth-order valence-corrected chi connectivity index (χ4v) is 4.47. The van der Waals surface area contributed by atoms with Crippen LogP contribution in [0.25, 0.3) is 0 Å². The fourth-order valence-electron chi connectivity index (χ4n) is 2.73. The molecule has 162 valence electrons. The lowest BCUT2D eigenvalue weighted by atomic mass is 10.1. The van der Waals surface area contributed by atoms with Gasteiger partial charge in [0, 0.05) is 17.1 Å². The number of methoxy groups -OCH3 is 1. The highest BCUT2D eigenvalue weighted by molar-refractivity contribution is 7.89. The lowest BCUT2D eigenvalue weighted by Gasteiger charge is -2.20. The Balaban J connectivity index is 2.04. The normalized spacial score (nSPS) is 12.2. The molecule has 0 bridgehead atoms. The number of benzene rings is 2. The molecule has 0 aliphatic carbocycles. The molecule has 1 atom stereocenters. The van der Waals surface area contributed by atoms with Gasteiger partial charge in [-0.25, -0.2) is 13.1 Å². The monoisotopic (exact) mass is 468 g/mol. The molecule has 0 spiro atoms. The Morgan fingerprint density at radius 3 is 2.33 bits per heavy atom. The third kappa shape index (κ3) is 7.36. The highest BCUT2D eigenvalue weighted by Crippen LogP contribution is 2.17. The summed E-state index contributed by atoms with van der Waals surface area (Å²) >= 11 is 11.3. The number of hydrogen-bond acceptors (Lipinski definition) is 5. The highest BCUT2D eigenvalue weighted by Gasteiger charge is 2.23. The predicted octanol–water partition coefficient (Wildman–Crippen LogP) is 4.33. The smallest absolute Gasteiger partial charge is 0.305 e. The van der Waals surface area contributed by atoms with E-state index in [-0.39, 0.29) is 10.9 Å².